The Morgan fingerprint density at radius 3 is 2.64 bits per heavy atom. The van der Waals surface area contributed by atoms with Crippen LogP contribution in [0.3, 0.4) is 0 Å². The number of nitrogens with zero attached hydrogens (tertiary/aromatic N) is 1. The van der Waals surface area contributed by atoms with E-state index in [0.29, 0.717) is 18.9 Å². The molecule has 136 valence electrons. The quantitative estimate of drug-likeness (QED) is 0.845. The van der Waals surface area contributed by atoms with E-state index in [1.807, 2.05) is 0 Å². The van der Waals surface area contributed by atoms with E-state index in [-0.39, 0.29) is 35.9 Å². The average Bonchev–Trinajstić information content (AvgIpc) is 3.37. The smallest absolute Gasteiger partial charge is 0.243 e. The van der Waals surface area contributed by atoms with Crippen LogP contribution in [0.1, 0.15) is 19.3 Å². The van der Waals surface area contributed by atoms with Crippen LogP contribution >= 0.6 is 0 Å². The second kappa shape index (κ2) is 6.34. The van der Waals surface area contributed by atoms with Gasteiger partial charge >= 0.3 is 0 Å². The normalized spacial score (nSPS) is 29.6. The SMILES string of the molecule is O=C(NCC1CC1)[C@H]1C[C@@H]2CN(S(=O)(=O)c3ccc(F)cc3)C[C@H]1O2. The molecule has 1 aliphatic carbocycles. The van der Waals surface area contributed by atoms with Gasteiger partial charge in [-0.05, 0) is 49.4 Å². The Morgan fingerprint density at radius 1 is 1.24 bits per heavy atom. The number of carbonyl (C=O) groups is 1. The number of benzene rings is 1. The summed E-state index contributed by atoms with van der Waals surface area (Å²) in [6.45, 7) is 1.07. The van der Waals surface area contributed by atoms with Crippen LogP contribution in [-0.4, -0.2) is 50.5 Å². The molecule has 1 aromatic carbocycles. The molecule has 6 nitrogen and oxygen atoms in total. The molecule has 0 spiro atoms. The first-order valence-corrected chi connectivity index (χ1v) is 10.1. The summed E-state index contributed by atoms with van der Waals surface area (Å²) in [4.78, 5) is 12.4. The molecule has 2 aliphatic heterocycles. The first-order valence-electron chi connectivity index (χ1n) is 8.62. The third-order valence-electron chi connectivity index (χ3n) is 5.17. The van der Waals surface area contributed by atoms with Crippen molar-refractivity contribution in [1.82, 2.24) is 9.62 Å². The Balaban J connectivity index is 1.45. The molecule has 2 saturated heterocycles. The molecule has 2 bridgehead atoms. The second-order valence-corrected chi connectivity index (χ2v) is 9.04. The molecule has 8 heteroatoms. The Labute approximate surface area is 146 Å². The van der Waals surface area contributed by atoms with Crippen molar-refractivity contribution in [3.63, 3.8) is 0 Å². The fourth-order valence-electron chi connectivity index (χ4n) is 3.55. The molecule has 0 unspecified atom stereocenters. The van der Waals surface area contributed by atoms with Gasteiger partial charge in [0.05, 0.1) is 23.0 Å². The summed E-state index contributed by atoms with van der Waals surface area (Å²) >= 11 is 0. The Hall–Kier alpha value is -1.51. The minimum absolute atomic E-state index is 0.0413. The minimum atomic E-state index is -3.71. The molecule has 3 atom stereocenters. The number of hydrogen-bond donors (Lipinski definition) is 1. The maximum Gasteiger partial charge on any atom is 0.243 e. The fraction of sp³-hybridized carbons (Fsp3) is 0.588. The van der Waals surface area contributed by atoms with Crippen LogP contribution in [0.15, 0.2) is 29.2 Å². The molecule has 0 radical (unpaired) electrons. The highest BCUT2D eigenvalue weighted by atomic mass is 32.2. The summed E-state index contributed by atoms with van der Waals surface area (Å²) in [7, 11) is -3.71. The molecular weight excluding hydrogens is 347 g/mol. The van der Waals surface area contributed by atoms with E-state index >= 15 is 0 Å². The molecule has 1 N–H and O–H groups in total. The fourth-order valence-corrected chi connectivity index (χ4v) is 5.03. The predicted molar refractivity (Wildman–Crippen MR) is 87.7 cm³/mol. The zero-order valence-corrected chi connectivity index (χ0v) is 14.5. The van der Waals surface area contributed by atoms with Crippen LogP contribution in [0.2, 0.25) is 0 Å². The van der Waals surface area contributed by atoms with Crippen molar-refractivity contribution < 1.29 is 22.3 Å². The molecule has 3 aliphatic rings. The number of sulfonamides is 1. The zero-order chi connectivity index (χ0) is 17.6. The average molecular weight is 368 g/mol. The lowest BCUT2D eigenvalue weighted by atomic mass is 9.99. The van der Waals surface area contributed by atoms with Crippen molar-refractivity contribution in [1.29, 1.82) is 0 Å². The number of ether oxygens (including phenoxy) is 1. The standard InChI is InChI=1S/C17H21FN2O4S/c18-12-3-5-14(6-4-12)25(22,23)20-9-13-7-15(16(10-20)24-13)17(21)19-8-11-1-2-11/h3-6,11,13,15-16H,1-2,7-10H2,(H,19,21)/t13-,15+,16-/m1/s1. The summed E-state index contributed by atoms with van der Waals surface area (Å²) in [6, 6.07) is 4.80. The van der Waals surface area contributed by atoms with E-state index in [0.717, 1.165) is 25.0 Å². The largest absolute Gasteiger partial charge is 0.371 e. The maximum absolute atomic E-state index is 13.1. The number of halogens is 1. The van der Waals surface area contributed by atoms with Crippen LogP contribution in [-0.2, 0) is 19.6 Å². The summed E-state index contributed by atoms with van der Waals surface area (Å²) in [5, 5.41) is 2.96. The highest BCUT2D eigenvalue weighted by molar-refractivity contribution is 7.89. The second-order valence-electron chi connectivity index (χ2n) is 7.10. The molecule has 1 aromatic rings. The van der Waals surface area contributed by atoms with Gasteiger partial charge in [-0.25, -0.2) is 12.8 Å². The third kappa shape index (κ3) is 3.43. The van der Waals surface area contributed by atoms with Gasteiger partial charge in [0, 0.05) is 19.6 Å². The Bertz CT molecular complexity index is 763. The van der Waals surface area contributed by atoms with Crippen molar-refractivity contribution in [3.05, 3.63) is 30.1 Å². The number of nitrogens with one attached hydrogen (secondary N) is 1. The Morgan fingerprint density at radius 2 is 1.96 bits per heavy atom. The molecule has 1 amide bonds. The number of morpholine rings is 1. The molecule has 0 aromatic heterocycles. The summed E-state index contributed by atoms with van der Waals surface area (Å²) < 4.78 is 45.7. The van der Waals surface area contributed by atoms with Crippen molar-refractivity contribution in [2.24, 2.45) is 11.8 Å². The van der Waals surface area contributed by atoms with Crippen LogP contribution in [0.25, 0.3) is 0 Å². The van der Waals surface area contributed by atoms with Crippen molar-refractivity contribution in [2.75, 3.05) is 19.6 Å². The van der Waals surface area contributed by atoms with Crippen molar-refractivity contribution >= 4 is 15.9 Å². The third-order valence-corrected chi connectivity index (χ3v) is 7.02. The van der Waals surface area contributed by atoms with E-state index in [2.05, 4.69) is 5.32 Å². The van der Waals surface area contributed by atoms with Gasteiger partial charge in [0.1, 0.15) is 5.82 Å². The molecule has 3 fully saturated rings. The van der Waals surface area contributed by atoms with Crippen molar-refractivity contribution in [3.8, 4) is 0 Å². The molecular formula is C17H21FN2O4S. The van der Waals surface area contributed by atoms with Gasteiger partial charge in [-0.3, -0.25) is 4.79 Å². The van der Waals surface area contributed by atoms with Gasteiger partial charge in [-0.2, -0.15) is 4.31 Å². The lowest BCUT2D eigenvalue weighted by molar-refractivity contribution is -0.127. The summed E-state index contributed by atoms with van der Waals surface area (Å²) in [6.07, 6.45) is 2.17. The number of fused-ring (bicyclic) bond motifs is 2. The van der Waals surface area contributed by atoms with Gasteiger partial charge in [0.25, 0.3) is 0 Å². The van der Waals surface area contributed by atoms with Gasteiger partial charge in [0.2, 0.25) is 15.9 Å². The van der Waals surface area contributed by atoms with Crippen LogP contribution in [0, 0.1) is 17.7 Å². The Kier molecular flexibility index (Phi) is 4.29. The van der Waals surface area contributed by atoms with E-state index in [1.54, 1.807) is 0 Å². The van der Waals surface area contributed by atoms with E-state index < -0.39 is 21.9 Å². The summed E-state index contributed by atoms with van der Waals surface area (Å²) in [5.74, 6) is -0.230. The van der Waals surface area contributed by atoms with Crippen molar-refractivity contribution in [2.45, 2.75) is 36.4 Å². The van der Waals surface area contributed by atoms with Gasteiger partial charge < -0.3 is 10.1 Å². The first kappa shape index (κ1) is 16.9. The zero-order valence-electron chi connectivity index (χ0n) is 13.7. The number of rotatable bonds is 5. The van der Waals surface area contributed by atoms with Gasteiger partial charge in [0.15, 0.2) is 0 Å². The minimum Gasteiger partial charge on any atom is -0.371 e. The van der Waals surface area contributed by atoms with E-state index in [1.165, 1.54) is 16.4 Å². The van der Waals surface area contributed by atoms with Gasteiger partial charge in [-0.1, -0.05) is 0 Å². The maximum atomic E-state index is 13.1. The highest BCUT2D eigenvalue weighted by Gasteiger charge is 2.47. The topological polar surface area (TPSA) is 75.7 Å². The molecule has 1 saturated carbocycles. The monoisotopic (exact) mass is 368 g/mol. The van der Waals surface area contributed by atoms with Crippen LogP contribution in [0.5, 0.6) is 0 Å². The first-order chi connectivity index (χ1) is 11.9. The predicted octanol–water partition coefficient (Wildman–Crippen LogP) is 1.13. The molecule has 4 rings (SSSR count). The summed E-state index contributed by atoms with van der Waals surface area (Å²) in [5.41, 5.74) is 0. The lowest BCUT2D eigenvalue weighted by Crippen LogP contribution is -2.47. The lowest BCUT2D eigenvalue weighted by Gasteiger charge is -2.32. The van der Waals surface area contributed by atoms with Crippen LogP contribution < -0.4 is 5.32 Å². The van der Waals surface area contributed by atoms with Gasteiger partial charge in [-0.15, -0.1) is 0 Å². The molecule has 2 heterocycles. The number of carbonyl (C=O) groups excluding carboxylic acids is 1. The van der Waals surface area contributed by atoms with E-state index in [4.69, 9.17) is 4.74 Å². The molecule has 25 heavy (non-hydrogen) atoms. The van der Waals surface area contributed by atoms with Crippen LogP contribution in [0.4, 0.5) is 4.39 Å². The number of hydrogen-bond acceptors (Lipinski definition) is 4. The highest BCUT2D eigenvalue weighted by Crippen LogP contribution is 2.35. The van der Waals surface area contributed by atoms with E-state index in [9.17, 15) is 17.6 Å². The number of amides is 1.